The van der Waals surface area contributed by atoms with Crippen LogP contribution in [0.5, 0.6) is 0 Å². The first kappa shape index (κ1) is 30.2. The van der Waals surface area contributed by atoms with E-state index < -0.39 is 35.6 Å². The maximum Gasteiger partial charge on any atom is 0.309 e. The monoisotopic (exact) mass is 527 g/mol. The highest BCUT2D eigenvalue weighted by molar-refractivity contribution is 5.88. The fourth-order valence-electron chi connectivity index (χ4n) is 5.48. The number of carbonyl (C=O) groups is 2. The van der Waals surface area contributed by atoms with E-state index in [0.717, 1.165) is 30.5 Å². The first-order valence-electron chi connectivity index (χ1n) is 13.9. The molecule has 3 rings (SSSR count). The van der Waals surface area contributed by atoms with Crippen molar-refractivity contribution >= 4 is 17.8 Å². The smallest absolute Gasteiger partial charge is 0.309 e. The van der Waals surface area contributed by atoms with Gasteiger partial charge in [0.05, 0.1) is 41.4 Å². The lowest BCUT2D eigenvalue weighted by Crippen LogP contribution is -2.46. The molecule has 2 saturated heterocycles. The number of cyclic esters (lactones) is 1. The summed E-state index contributed by atoms with van der Waals surface area (Å²) in [5, 5.41) is 22.3. The Hall–Kier alpha value is -2.35. The van der Waals surface area contributed by atoms with Gasteiger partial charge in [-0.2, -0.15) is 0 Å². The van der Waals surface area contributed by atoms with Gasteiger partial charge in [-0.3, -0.25) is 14.6 Å². The van der Waals surface area contributed by atoms with Gasteiger partial charge in [-0.05, 0) is 69.2 Å². The first-order chi connectivity index (χ1) is 17.9. The summed E-state index contributed by atoms with van der Waals surface area (Å²) >= 11 is 0. The van der Waals surface area contributed by atoms with Gasteiger partial charge >= 0.3 is 5.97 Å². The molecule has 1 aromatic heterocycles. The lowest BCUT2D eigenvalue weighted by molar-refractivity contribution is -0.154. The minimum Gasteiger partial charge on any atom is -0.458 e. The zero-order chi connectivity index (χ0) is 28.1. The molecular formula is C31H45NO6. The fourth-order valence-corrected chi connectivity index (χ4v) is 5.48. The molecule has 0 saturated carbocycles. The lowest BCUT2D eigenvalue weighted by atomic mass is 9.71. The highest BCUT2D eigenvalue weighted by Gasteiger charge is 2.53. The summed E-state index contributed by atoms with van der Waals surface area (Å²) < 4.78 is 12.0. The van der Waals surface area contributed by atoms with E-state index in [4.69, 9.17) is 9.47 Å². The second-order valence-electron chi connectivity index (χ2n) is 11.9. The van der Waals surface area contributed by atoms with Gasteiger partial charge in [0.15, 0.2) is 0 Å². The Morgan fingerprint density at radius 3 is 2.63 bits per heavy atom. The highest BCUT2D eigenvalue weighted by atomic mass is 16.6. The summed E-state index contributed by atoms with van der Waals surface area (Å²) in [4.78, 5) is 31.1. The molecule has 0 spiro atoms. The zero-order valence-corrected chi connectivity index (χ0v) is 23.6. The largest absolute Gasteiger partial charge is 0.458 e. The molecule has 2 aliphatic rings. The lowest BCUT2D eigenvalue weighted by Gasteiger charge is -2.36. The second kappa shape index (κ2) is 12.7. The summed E-state index contributed by atoms with van der Waals surface area (Å²) in [5.41, 5.74) is 0.0338. The number of aliphatic hydroxyl groups excluding tert-OH is 2. The first-order valence-corrected chi connectivity index (χ1v) is 13.9. The van der Waals surface area contributed by atoms with Crippen LogP contribution in [0.15, 0.2) is 42.6 Å². The van der Waals surface area contributed by atoms with Crippen LogP contribution in [0.1, 0.15) is 85.3 Å². The minimum atomic E-state index is -1.26. The normalized spacial score (nSPS) is 35.2. The average molecular weight is 528 g/mol. The topological polar surface area (TPSA) is 109 Å². The number of nitrogens with zero attached hydrogens (tertiary/aromatic N) is 1. The van der Waals surface area contributed by atoms with Gasteiger partial charge in [0.2, 0.25) is 0 Å². The van der Waals surface area contributed by atoms with Crippen molar-refractivity contribution in [2.45, 2.75) is 110 Å². The van der Waals surface area contributed by atoms with E-state index in [-0.39, 0.29) is 29.8 Å². The number of ether oxygens (including phenoxy) is 2. The Morgan fingerprint density at radius 2 is 1.97 bits per heavy atom. The van der Waals surface area contributed by atoms with Crippen molar-refractivity contribution in [1.29, 1.82) is 0 Å². The van der Waals surface area contributed by atoms with Gasteiger partial charge in [0.25, 0.3) is 0 Å². The predicted octanol–water partition coefficient (Wildman–Crippen LogP) is 5.05. The Kier molecular flexibility index (Phi) is 10.1. The number of epoxide rings is 1. The number of ketones is 1. The molecule has 210 valence electrons. The molecule has 2 fully saturated rings. The number of esters is 1. The molecule has 0 aliphatic carbocycles. The number of allylic oxidation sites excluding steroid dienone is 1. The van der Waals surface area contributed by atoms with Crippen LogP contribution >= 0.6 is 0 Å². The summed E-state index contributed by atoms with van der Waals surface area (Å²) in [6.45, 7) is 13.0. The van der Waals surface area contributed by atoms with E-state index in [9.17, 15) is 19.8 Å². The van der Waals surface area contributed by atoms with Gasteiger partial charge in [-0.15, -0.1) is 6.58 Å². The van der Waals surface area contributed by atoms with Crippen molar-refractivity contribution in [3.05, 3.63) is 48.3 Å². The summed E-state index contributed by atoms with van der Waals surface area (Å²) in [6.07, 6.45) is 6.22. The maximum atomic E-state index is 13.7. The number of fused-ring (bicyclic) bond motifs is 1. The van der Waals surface area contributed by atoms with Crippen molar-refractivity contribution in [3.8, 4) is 0 Å². The number of carbonyl (C=O) groups excluding carboxylic acids is 2. The molecular weight excluding hydrogens is 482 g/mol. The third-order valence-electron chi connectivity index (χ3n) is 8.48. The number of hydrogen-bond donors (Lipinski definition) is 2. The van der Waals surface area contributed by atoms with Crippen molar-refractivity contribution < 1.29 is 29.3 Å². The van der Waals surface area contributed by atoms with Crippen LogP contribution in [0.25, 0.3) is 6.08 Å². The SMILES string of the molecule is C=CCC[C@H]1C(=O)C(C)(C)[C@@H](O)CC(=O)O[C@H](C(C)=Cc2ccccn2)C[C@@H]2O[C@@]2(C)CCC[C@H](C)[C@@H]1O. The zero-order valence-electron chi connectivity index (χ0n) is 23.6. The van der Waals surface area contributed by atoms with Gasteiger partial charge in [-0.1, -0.05) is 39.3 Å². The summed E-state index contributed by atoms with van der Waals surface area (Å²) in [5.74, 6) is -1.58. The number of aliphatic hydroxyl groups is 2. The number of pyridine rings is 1. The van der Waals surface area contributed by atoms with Crippen LogP contribution in [-0.2, 0) is 19.1 Å². The second-order valence-corrected chi connectivity index (χ2v) is 11.9. The van der Waals surface area contributed by atoms with Gasteiger partial charge in [-0.25, -0.2) is 0 Å². The molecule has 1 aromatic rings. The number of Topliss-reactive ketones (excluding diaryl/α,β-unsaturated/α-hetero) is 1. The molecule has 2 aliphatic heterocycles. The number of rotatable bonds is 5. The van der Waals surface area contributed by atoms with Gasteiger partial charge in [0.1, 0.15) is 11.9 Å². The molecule has 7 atom stereocenters. The molecule has 0 radical (unpaired) electrons. The summed E-state index contributed by atoms with van der Waals surface area (Å²) in [7, 11) is 0. The van der Waals surface area contributed by atoms with Crippen molar-refractivity contribution in [2.75, 3.05) is 0 Å². The third kappa shape index (κ3) is 7.39. The van der Waals surface area contributed by atoms with E-state index in [2.05, 4.69) is 18.5 Å². The molecule has 0 amide bonds. The van der Waals surface area contributed by atoms with E-state index >= 15 is 0 Å². The highest BCUT2D eigenvalue weighted by Crippen LogP contribution is 2.45. The van der Waals surface area contributed by atoms with E-state index in [1.54, 1.807) is 26.1 Å². The molecule has 3 heterocycles. The van der Waals surface area contributed by atoms with Crippen LogP contribution in [0.3, 0.4) is 0 Å². The number of hydrogen-bond acceptors (Lipinski definition) is 7. The summed E-state index contributed by atoms with van der Waals surface area (Å²) in [6, 6.07) is 5.62. The molecule has 0 aromatic carbocycles. The third-order valence-corrected chi connectivity index (χ3v) is 8.48. The van der Waals surface area contributed by atoms with E-state index in [0.29, 0.717) is 19.3 Å². The molecule has 7 nitrogen and oxygen atoms in total. The van der Waals surface area contributed by atoms with Crippen molar-refractivity contribution in [1.82, 2.24) is 4.98 Å². The predicted molar refractivity (Wildman–Crippen MR) is 147 cm³/mol. The van der Waals surface area contributed by atoms with Crippen LogP contribution < -0.4 is 0 Å². The quantitative estimate of drug-likeness (QED) is 0.313. The van der Waals surface area contributed by atoms with Gasteiger partial charge < -0.3 is 19.7 Å². The Balaban J connectivity index is 1.88. The Bertz CT molecular complexity index is 1000. The Morgan fingerprint density at radius 1 is 1.24 bits per heavy atom. The Labute approximate surface area is 227 Å². The van der Waals surface area contributed by atoms with Crippen LogP contribution in [0.2, 0.25) is 0 Å². The molecule has 0 bridgehead atoms. The van der Waals surface area contributed by atoms with Crippen LogP contribution in [-0.4, -0.2) is 57.0 Å². The van der Waals surface area contributed by atoms with E-state index in [1.165, 1.54) is 0 Å². The number of aromatic nitrogens is 1. The minimum absolute atomic E-state index is 0.0659. The molecule has 7 heteroatoms. The molecule has 2 N–H and O–H groups in total. The standard InChI is InChI=1S/C31H45NO6/c1-7-8-14-23-28(35)20(2)12-11-15-31(6)26(38-31)18-24(21(3)17-22-13-9-10-16-32-22)37-27(34)19-25(33)30(4,5)29(23)36/h7,9-10,13,16-17,20,23-26,28,33,35H,1,8,11-12,14-15,18-19H2,2-6H3/t20-,23+,24-,25-,26-,28-,31-/m0/s1. The van der Waals surface area contributed by atoms with E-state index in [1.807, 2.05) is 38.1 Å². The van der Waals surface area contributed by atoms with Crippen LogP contribution in [0, 0.1) is 17.3 Å². The van der Waals surface area contributed by atoms with Crippen molar-refractivity contribution in [2.24, 2.45) is 17.3 Å². The van der Waals surface area contributed by atoms with Gasteiger partial charge in [0, 0.05) is 18.5 Å². The molecule has 0 unspecified atom stereocenters. The fraction of sp³-hybridized carbons (Fsp3) is 0.645. The van der Waals surface area contributed by atoms with Crippen molar-refractivity contribution in [3.63, 3.8) is 0 Å². The average Bonchev–Trinajstić information content (AvgIpc) is 3.51. The molecule has 38 heavy (non-hydrogen) atoms. The maximum absolute atomic E-state index is 13.7. The van der Waals surface area contributed by atoms with Crippen LogP contribution in [0.4, 0.5) is 0 Å².